The van der Waals surface area contributed by atoms with Gasteiger partial charge in [0.05, 0.1) is 13.4 Å². The van der Waals surface area contributed by atoms with Crippen LogP contribution in [0.3, 0.4) is 0 Å². The molecule has 0 amide bonds. The van der Waals surface area contributed by atoms with Crippen molar-refractivity contribution in [3.05, 3.63) is 58.1 Å². The fraction of sp³-hybridized carbons (Fsp3) is 0.435. The molecule has 1 unspecified atom stereocenters. The zero-order valence-electron chi connectivity index (χ0n) is 17.6. The Balaban J connectivity index is 2.31. The van der Waals surface area contributed by atoms with E-state index in [1.54, 1.807) is 0 Å². The Morgan fingerprint density at radius 2 is 1.79 bits per heavy atom. The van der Waals surface area contributed by atoms with Crippen molar-refractivity contribution in [1.82, 2.24) is 0 Å². The second kappa shape index (κ2) is 8.28. The zero-order chi connectivity index (χ0) is 21.3. The molecule has 0 radical (unpaired) electrons. The quantitative estimate of drug-likeness (QED) is 0.487. The molecular weight excluding hydrogens is 388 g/mol. The van der Waals surface area contributed by atoms with Crippen molar-refractivity contribution in [1.29, 1.82) is 0 Å². The van der Waals surface area contributed by atoms with E-state index in [4.69, 9.17) is 8.92 Å². The molecule has 0 saturated heterocycles. The first kappa shape index (κ1) is 21.5. The Kier molecular flexibility index (Phi) is 6.15. The van der Waals surface area contributed by atoms with E-state index in [2.05, 4.69) is 32.0 Å². The van der Waals surface area contributed by atoms with Crippen molar-refractivity contribution in [2.24, 2.45) is 0 Å². The fourth-order valence-electron chi connectivity index (χ4n) is 3.83. The van der Waals surface area contributed by atoms with Gasteiger partial charge in [0, 0.05) is 5.56 Å². The lowest BCUT2D eigenvalue weighted by Gasteiger charge is -2.23. The zero-order valence-corrected chi connectivity index (χ0v) is 18.4. The molecule has 2 aromatic carbocycles. The summed E-state index contributed by atoms with van der Waals surface area (Å²) in [5.41, 5.74) is 6.77. The van der Waals surface area contributed by atoms with E-state index >= 15 is 0 Å². The summed E-state index contributed by atoms with van der Waals surface area (Å²) in [4.78, 5) is 12.6. The summed E-state index contributed by atoms with van der Waals surface area (Å²) >= 11 is 0. The molecule has 5 nitrogen and oxygen atoms in total. The van der Waals surface area contributed by atoms with Crippen LogP contribution in [0.2, 0.25) is 0 Å². The van der Waals surface area contributed by atoms with Gasteiger partial charge in [0.2, 0.25) is 0 Å². The number of methoxy groups -OCH3 is 1. The molecule has 3 rings (SSSR count). The number of ether oxygens (including phenoxy) is 1. The third-order valence-electron chi connectivity index (χ3n) is 5.48. The van der Waals surface area contributed by atoms with Crippen molar-refractivity contribution in [2.45, 2.75) is 52.1 Å². The topological polar surface area (TPSA) is 69.7 Å². The summed E-state index contributed by atoms with van der Waals surface area (Å²) in [5.74, 6) is -0.317. The average Bonchev–Trinajstić information content (AvgIpc) is 3.50. The van der Waals surface area contributed by atoms with Crippen molar-refractivity contribution >= 4 is 16.1 Å². The molecular formula is C23H28O5S. The van der Waals surface area contributed by atoms with Gasteiger partial charge in [-0.05, 0) is 72.4 Å². The Morgan fingerprint density at radius 1 is 1.14 bits per heavy atom. The molecule has 0 bridgehead atoms. The Labute approximate surface area is 173 Å². The number of benzene rings is 2. The number of hydrogen-bond donors (Lipinski definition) is 0. The lowest BCUT2D eigenvalue weighted by molar-refractivity contribution is -0.149. The van der Waals surface area contributed by atoms with Crippen LogP contribution in [0, 0.1) is 13.8 Å². The molecule has 0 aliphatic heterocycles. The molecule has 0 N–H and O–H groups in total. The number of carbonyl (C=O) groups is 1. The van der Waals surface area contributed by atoms with Crippen LogP contribution in [0.4, 0.5) is 0 Å². The van der Waals surface area contributed by atoms with Crippen molar-refractivity contribution in [3.63, 3.8) is 0 Å². The van der Waals surface area contributed by atoms with E-state index in [-0.39, 0.29) is 0 Å². The first-order valence-corrected chi connectivity index (χ1v) is 11.7. The van der Waals surface area contributed by atoms with Gasteiger partial charge in [0.1, 0.15) is 0 Å². The van der Waals surface area contributed by atoms with Gasteiger partial charge in [-0.3, -0.25) is 4.18 Å². The Morgan fingerprint density at radius 3 is 2.34 bits per heavy atom. The monoisotopic (exact) mass is 416 g/mol. The summed E-state index contributed by atoms with van der Waals surface area (Å²) in [6.07, 6.45) is 2.66. The molecule has 1 atom stereocenters. The van der Waals surface area contributed by atoms with Crippen LogP contribution in [0.15, 0.2) is 30.3 Å². The Bertz CT molecular complexity index is 1040. The van der Waals surface area contributed by atoms with E-state index in [0.717, 1.165) is 47.8 Å². The van der Waals surface area contributed by atoms with Crippen LogP contribution in [-0.2, 0) is 30.3 Å². The van der Waals surface area contributed by atoms with Crippen LogP contribution in [0.25, 0.3) is 11.1 Å². The van der Waals surface area contributed by atoms with Crippen LogP contribution in [0.1, 0.15) is 59.6 Å². The Hall–Kier alpha value is -2.18. The highest BCUT2D eigenvalue weighted by molar-refractivity contribution is 7.86. The van der Waals surface area contributed by atoms with Crippen molar-refractivity contribution < 1.29 is 22.1 Å². The number of rotatable bonds is 7. The van der Waals surface area contributed by atoms with Gasteiger partial charge in [0.15, 0.2) is 6.10 Å². The van der Waals surface area contributed by atoms with Gasteiger partial charge in [-0.25, -0.2) is 4.79 Å². The summed E-state index contributed by atoms with van der Waals surface area (Å²) in [6, 6.07) is 10.3. The maximum Gasteiger partial charge on any atom is 0.341 e. The third kappa shape index (κ3) is 4.70. The molecule has 2 aromatic rings. The van der Waals surface area contributed by atoms with Gasteiger partial charge in [-0.1, -0.05) is 37.3 Å². The molecule has 1 aliphatic carbocycles. The van der Waals surface area contributed by atoms with Gasteiger partial charge in [0.25, 0.3) is 10.1 Å². The van der Waals surface area contributed by atoms with Crippen LogP contribution in [0.5, 0.6) is 0 Å². The van der Waals surface area contributed by atoms with E-state index in [9.17, 15) is 13.2 Å². The number of aryl methyl sites for hydroxylation is 3. The van der Waals surface area contributed by atoms with Gasteiger partial charge in [-0.2, -0.15) is 8.42 Å². The predicted molar refractivity (Wildman–Crippen MR) is 113 cm³/mol. The van der Waals surface area contributed by atoms with Crippen molar-refractivity contribution in [3.8, 4) is 11.1 Å². The maximum absolute atomic E-state index is 12.6. The largest absolute Gasteiger partial charge is 0.467 e. The molecule has 6 heteroatoms. The minimum Gasteiger partial charge on any atom is -0.467 e. The summed E-state index contributed by atoms with van der Waals surface area (Å²) in [5, 5.41) is 0. The van der Waals surface area contributed by atoms with E-state index in [0.29, 0.717) is 11.5 Å². The molecule has 0 spiro atoms. The second-order valence-corrected chi connectivity index (χ2v) is 9.33. The first-order chi connectivity index (χ1) is 13.7. The van der Waals surface area contributed by atoms with E-state index in [1.165, 1.54) is 18.2 Å². The highest BCUT2D eigenvalue weighted by Crippen LogP contribution is 2.48. The smallest absolute Gasteiger partial charge is 0.341 e. The normalized spacial score (nSPS) is 15.2. The highest BCUT2D eigenvalue weighted by Gasteiger charge is 2.35. The summed E-state index contributed by atoms with van der Waals surface area (Å²) in [6.45, 7) is 6.05. The molecule has 1 saturated carbocycles. The number of carbonyl (C=O) groups excluding carboxylic acids is 1. The van der Waals surface area contributed by atoms with Gasteiger partial charge >= 0.3 is 5.97 Å². The predicted octanol–water partition coefficient (Wildman–Crippen LogP) is 4.60. The fourth-order valence-corrected chi connectivity index (χ4v) is 4.35. The van der Waals surface area contributed by atoms with E-state index < -0.39 is 22.2 Å². The summed E-state index contributed by atoms with van der Waals surface area (Å²) in [7, 11) is -2.64. The van der Waals surface area contributed by atoms with E-state index in [1.807, 2.05) is 19.1 Å². The summed E-state index contributed by atoms with van der Waals surface area (Å²) < 4.78 is 34.0. The third-order valence-corrected chi connectivity index (χ3v) is 6.02. The molecule has 0 heterocycles. The number of hydrogen-bond acceptors (Lipinski definition) is 5. The van der Waals surface area contributed by atoms with Crippen LogP contribution < -0.4 is 0 Å². The SMILES string of the molecule is CCc1cc(-c2c(C3CC3)ccc(C)c2C(OS(C)(=O)=O)C(=O)OC)ccc1C. The highest BCUT2D eigenvalue weighted by atomic mass is 32.2. The van der Waals surface area contributed by atoms with Crippen LogP contribution >= 0.6 is 0 Å². The average molecular weight is 417 g/mol. The lowest BCUT2D eigenvalue weighted by atomic mass is 9.85. The van der Waals surface area contributed by atoms with Crippen LogP contribution in [-0.4, -0.2) is 27.8 Å². The molecule has 1 aliphatic rings. The minimum absolute atomic E-state index is 0.410. The molecule has 1 fully saturated rings. The first-order valence-electron chi connectivity index (χ1n) is 9.85. The maximum atomic E-state index is 12.6. The minimum atomic E-state index is -3.88. The second-order valence-electron chi connectivity index (χ2n) is 7.73. The van der Waals surface area contributed by atoms with Crippen molar-refractivity contribution in [2.75, 3.05) is 13.4 Å². The molecule has 0 aromatic heterocycles. The molecule has 29 heavy (non-hydrogen) atoms. The number of esters is 1. The lowest BCUT2D eigenvalue weighted by Crippen LogP contribution is -2.22. The van der Waals surface area contributed by atoms with Gasteiger partial charge < -0.3 is 4.74 Å². The standard InChI is InChI=1S/C23H28O5S/c1-6-16-13-18(9-7-14(16)2)21-19(17-10-11-17)12-8-15(3)20(21)22(23(24)27-4)28-29(5,25)26/h7-9,12-13,17,22H,6,10-11H2,1-5H3. The molecule has 156 valence electrons. The van der Waals surface area contributed by atoms with Gasteiger partial charge in [-0.15, -0.1) is 0 Å².